The first kappa shape index (κ1) is 12.3. The highest BCUT2D eigenvalue weighted by Crippen LogP contribution is 2.32. The molecule has 0 saturated carbocycles. The van der Waals surface area contributed by atoms with Gasteiger partial charge in [0.2, 0.25) is 0 Å². The second kappa shape index (κ2) is 4.72. The molecule has 94 valence electrons. The number of hydrogen-bond donors (Lipinski definition) is 1. The third kappa shape index (κ3) is 2.25. The molecule has 0 radical (unpaired) electrons. The van der Waals surface area contributed by atoms with Crippen LogP contribution in [0.25, 0.3) is 22.2 Å². The zero-order valence-electron chi connectivity index (χ0n) is 9.77. The largest absolute Gasteiger partial charge is 0.507 e. The number of aromatic nitrogens is 1. The summed E-state index contributed by atoms with van der Waals surface area (Å²) in [5.74, 6) is 0.201. The Hall–Kier alpha value is -1.77. The Morgan fingerprint density at radius 2 is 1.68 bits per heavy atom. The first-order chi connectivity index (χ1) is 9.15. The Morgan fingerprint density at radius 1 is 0.895 bits per heavy atom. The van der Waals surface area contributed by atoms with E-state index in [4.69, 9.17) is 23.2 Å². The van der Waals surface area contributed by atoms with Gasteiger partial charge >= 0.3 is 0 Å². The summed E-state index contributed by atoms with van der Waals surface area (Å²) in [7, 11) is 0. The summed E-state index contributed by atoms with van der Waals surface area (Å²) in [6, 6.07) is 14.3. The molecule has 0 bridgehead atoms. The fourth-order valence-electron chi connectivity index (χ4n) is 1.96. The molecule has 0 amide bonds. The van der Waals surface area contributed by atoms with E-state index < -0.39 is 0 Å². The molecule has 0 fully saturated rings. The number of benzene rings is 2. The Morgan fingerprint density at radius 3 is 2.47 bits per heavy atom. The number of hydrogen-bond acceptors (Lipinski definition) is 2. The van der Waals surface area contributed by atoms with E-state index in [9.17, 15) is 5.11 Å². The molecule has 1 aromatic heterocycles. The van der Waals surface area contributed by atoms with Crippen molar-refractivity contribution in [3.05, 3.63) is 58.6 Å². The lowest BCUT2D eigenvalue weighted by atomic mass is 10.1. The van der Waals surface area contributed by atoms with Crippen molar-refractivity contribution in [1.82, 2.24) is 4.98 Å². The fourth-order valence-corrected chi connectivity index (χ4v) is 2.26. The zero-order valence-corrected chi connectivity index (χ0v) is 11.3. The fraction of sp³-hybridized carbons (Fsp3) is 0. The predicted molar refractivity (Wildman–Crippen MR) is 78.9 cm³/mol. The van der Waals surface area contributed by atoms with Gasteiger partial charge in [-0.1, -0.05) is 41.4 Å². The second-order valence-electron chi connectivity index (χ2n) is 4.17. The summed E-state index contributed by atoms with van der Waals surface area (Å²) < 4.78 is 0. The monoisotopic (exact) mass is 289 g/mol. The average Bonchev–Trinajstić information content (AvgIpc) is 2.42. The Balaban J connectivity index is 2.22. The normalized spacial score (nSPS) is 10.8. The molecule has 0 spiro atoms. The van der Waals surface area contributed by atoms with E-state index in [-0.39, 0.29) is 5.75 Å². The predicted octanol–water partition coefficient (Wildman–Crippen LogP) is 4.91. The lowest BCUT2D eigenvalue weighted by molar-refractivity contribution is 0.481. The minimum absolute atomic E-state index is 0.201. The van der Waals surface area contributed by atoms with E-state index >= 15 is 0 Å². The van der Waals surface area contributed by atoms with Crippen molar-refractivity contribution >= 4 is 34.1 Å². The van der Waals surface area contributed by atoms with Gasteiger partial charge in [0.15, 0.2) is 0 Å². The van der Waals surface area contributed by atoms with E-state index in [0.717, 1.165) is 16.5 Å². The SMILES string of the molecule is Oc1cc(-c2ccc(Cl)c(Cl)c2)nc2ccccc12. The molecule has 1 N–H and O–H groups in total. The number of aromatic hydroxyl groups is 1. The van der Waals surface area contributed by atoms with Gasteiger partial charge in [-0.25, -0.2) is 4.98 Å². The van der Waals surface area contributed by atoms with E-state index in [1.807, 2.05) is 30.3 Å². The van der Waals surface area contributed by atoms with Crippen LogP contribution >= 0.6 is 23.2 Å². The summed E-state index contributed by atoms with van der Waals surface area (Å²) in [4.78, 5) is 4.52. The molecule has 2 nitrogen and oxygen atoms in total. The maximum absolute atomic E-state index is 10.0. The van der Waals surface area contributed by atoms with Crippen LogP contribution in [0.2, 0.25) is 10.0 Å². The molecule has 0 atom stereocenters. The molecule has 2 aromatic carbocycles. The lowest BCUT2D eigenvalue weighted by Crippen LogP contribution is -1.86. The first-order valence-electron chi connectivity index (χ1n) is 5.69. The van der Waals surface area contributed by atoms with Crippen molar-refractivity contribution in [1.29, 1.82) is 0 Å². The van der Waals surface area contributed by atoms with Gasteiger partial charge in [-0.15, -0.1) is 0 Å². The van der Waals surface area contributed by atoms with Crippen molar-refractivity contribution in [3.8, 4) is 17.0 Å². The van der Waals surface area contributed by atoms with Crippen LogP contribution in [-0.2, 0) is 0 Å². The molecule has 19 heavy (non-hydrogen) atoms. The van der Waals surface area contributed by atoms with Crippen LogP contribution < -0.4 is 0 Å². The number of rotatable bonds is 1. The van der Waals surface area contributed by atoms with Crippen LogP contribution in [0.1, 0.15) is 0 Å². The van der Waals surface area contributed by atoms with Crippen LogP contribution in [0.4, 0.5) is 0 Å². The molecular formula is C15H9Cl2NO. The quantitative estimate of drug-likeness (QED) is 0.690. The minimum atomic E-state index is 0.201. The van der Waals surface area contributed by atoms with Crippen LogP contribution in [0.15, 0.2) is 48.5 Å². The van der Waals surface area contributed by atoms with Gasteiger partial charge in [0.1, 0.15) is 5.75 Å². The smallest absolute Gasteiger partial charge is 0.127 e. The highest BCUT2D eigenvalue weighted by molar-refractivity contribution is 6.42. The molecule has 3 aromatic rings. The van der Waals surface area contributed by atoms with Crippen LogP contribution in [0.3, 0.4) is 0 Å². The van der Waals surface area contributed by atoms with Crippen LogP contribution in [0, 0.1) is 0 Å². The molecule has 1 heterocycles. The number of halogens is 2. The van der Waals surface area contributed by atoms with E-state index in [1.54, 1.807) is 18.2 Å². The third-order valence-electron chi connectivity index (χ3n) is 2.91. The van der Waals surface area contributed by atoms with Gasteiger partial charge in [0.05, 0.1) is 21.3 Å². The van der Waals surface area contributed by atoms with Gasteiger partial charge in [-0.05, 0) is 24.3 Å². The first-order valence-corrected chi connectivity index (χ1v) is 6.45. The Labute approximate surface area is 120 Å². The van der Waals surface area contributed by atoms with Crippen molar-refractivity contribution in [3.63, 3.8) is 0 Å². The molecule has 0 saturated heterocycles. The summed E-state index contributed by atoms with van der Waals surface area (Å²) in [5.41, 5.74) is 2.22. The summed E-state index contributed by atoms with van der Waals surface area (Å²) in [5, 5.41) is 11.7. The van der Waals surface area contributed by atoms with Gasteiger partial charge in [-0.3, -0.25) is 0 Å². The van der Waals surface area contributed by atoms with E-state index in [0.29, 0.717) is 15.7 Å². The highest BCUT2D eigenvalue weighted by atomic mass is 35.5. The minimum Gasteiger partial charge on any atom is -0.507 e. The van der Waals surface area contributed by atoms with Gasteiger partial charge < -0.3 is 5.11 Å². The molecule has 4 heteroatoms. The number of para-hydroxylation sites is 1. The zero-order chi connectivity index (χ0) is 13.4. The van der Waals surface area contributed by atoms with Crippen LogP contribution in [0.5, 0.6) is 5.75 Å². The van der Waals surface area contributed by atoms with Crippen molar-refractivity contribution < 1.29 is 5.11 Å². The van der Waals surface area contributed by atoms with Gasteiger partial charge in [0.25, 0.3) is 0 Å². The van der Waals surface area contributed by atoms with E-state index in [1.165, 1.54) is 0 Å². The third-order valence-corrected chi connectivity index (χ3v) is 3.65. The Kier molecular flexibility index (Phi) is 3.05. The topological polar surface area (TPSA) is 33.1 Å². The number of nitrogens with zero attached hydrogens (tertiary/aromatic N) is 1. The highest BCUT2D eigenvalue weighted by Gasteiger charge is 2.08. The van der Waals surface area contributed by atoms with E-state index in [2.05, 4.69) is 4.98 Å². The molecule has 0 aliphatic rings. The maximum Gasteiger partial charge on any atom is 0.127 e. The molecule has 3 rings (SSSR count). The average molecular weight is 290 g/mol. The maximum atomic E-state index is 10.0. The van der Waals surface area contributed by atoms with Crippen molar-refractivity contribution in [2.45, 2.75) is 0 Å². The van der Waals surface area contributed by atoms with Gasteiger partial charge in [-0.2, -0.15) is 0 Å². The standard InChI is InChI=1S/C15H9Cl2NO/c16-11-6-5-9(7-12(11)17)14-8-15(19)10-3-1-2-4-13(10)18-14/h1-8H,(H,18,19). The summed E-state index contributed by atoms with van der Waals surface area (Å²) >= 11 is 11.9. The van der Waals surface area contributed by atoms with Crippen LogP contribution in [-0.4, -0.2) is 10.1 Å². The number of pyridine rings is 1. The number of fused-ring (bicyclic) bond motifs is 1. The Bertz CT molecular complexity index is 771. The summed E-state index contributed by atoms with van der Waals surface area (Å²) in [6.07, 6.45) is 0. The molecule has 0 aliphatic heterocycles. The lowest BCUT2D eigenvalue weighted by Gasteiger charge is -2.06. The summed E-state index contributed by atoms with van der Waals surface area (Å²) in [6.45, 7) is 0. The molecule has 0 aliphatic carbocycles. The van der Waals surface area contributed by atoms with Crippen molar-refractivity contribution in [2.24, 2.45) is 0 Å². The molecular weight excluding hydrogens is 281 g/mol. The second-order valence-corrected chi connectivity index (χ2v) is 4.99. The van der Waals surface area contributed by atoms with Crippen molar-refractivity contribution in [2.75, 3.05) is 0 Å². The van der Waals surface area contributed by atoms with Gasteiger partial charge in [0, 0.05) is 17.0 Å². The molecule has 0 unspecified atom stereocenters.